The topological polar surface area (TPSA) is 53.9 Å². The number of anilines is 2. The van der Waals surface area contributed by atoms with Gasteiger partial charge < -0.3 is 10.2 Å². The van der Waals surface area contributed by atoms with E-state index in [1.165, 1.54) is 17.2 Å². The molecule has 0 amide bonds. The molecule has 0 saturated carbocycles. The molecular formula is C20H20FN5. The zero-order valence-corrected chi connectivity index (χ0v) is 14.4. The van der Waals surface area contributed by atoms with E-state index in [-0.39, 0.29) is 5.82 Å². The van der Waals surface area contributed by atoms with Gasteiger partial charge in [-0.1, -0.05) is 42.5 Å². The first-order chi connectivity index (χ1) is 12.8. The van der Waals surface area contributed by atoms with E-state index in [0.717, 1.165) is 25.3 Å². The van der Waals surface area contributed by atoms with Gasteiger partial charge in [0.25, 0.3) is 0 Å². The molecular weight excluding hydrogens is 329 g/mol. The molecule has 5 nitrogen and oxygen atoms in total. The van der Waals surface area contributed by atoms with Crippen LogP contribution < -0.4 is 10.2 Å². The molecule has 1 aliphatic rings. The average Bonchev–Trinajstić information content (AvgIpc) is 2.69. The van der Waals surface area contributed by atoms with Crippen LogP contribution in [0.4, 0.5) is 16.2 Å². The SMILES string of the molecule is Fc1ccccc1CCNc1nncc(N2CCc3ccccc3C2)n1. The molecule has 1 aliphatic heterocycles. The van der Waals surface area contributed by atoms with Crippen molar-refractivity contribution >= 4 is 11.8 Å². The second-order valence-corrected chi connectivity index (χ2v) is 6.35. The van der Waals surface area contributed by atoms with Crippen molar-refractivity contribution in [1.82, 2.24) is 15.2 Å². The van der Waals surface area contributed by atoms with Gasteiger partial charge in [-0.15, -0.1) is 5.10 Å². The number of hydrogen-bond acceptors (Lipinski definition) is 5. The summed E-state index contributed by atoms with van der Waals surface area (Å²) in [5.41, 5.74) is 3.40. The Kier molecular flexibility index (Phi) is 4.73. The number of fused-ring (bicyclic) bond motifs is 1. The predicted molar refractivity (Wildman–Crippen MR) is 99.6 cm³/mol. The van der Waals surface area contributed by atoms with E-state index in [9.17, 15) is 4.39 Å². The molecule has 2 aromatic carbocycles. The van der Waals surface area contributed by atoms with Crippen LogP contribution in [0.1, 0.15) is 16.7 Å². The van der Waals surface area contributed by atoms with E-state index in [4.69, 9.17) is 0 Å². The minimum absolute atomic E-state index is 0.186. The third-order valence-corrected chi connectivity index (χ3v) is 4.64. The highest BCUT2D eigenvalue weighted by Gasteiger charge is 2.17. The van der Waals surface area contributed by atoms with Crippen molar-refractivity contribution in [3.05, 3.63) is 77.2 Å². The molecule has 6 heteroatoms. The lowest BCUT2D eigenvalue weighted by Crippen LogP contribution is -2.31. The maximum Gasteiger partial charge on any atom is 0.244 e. The number of nitrogens with zero attached hydrogens (tertiary/aromatic N) is 4. The van der Waals surface area contributed by atoms with Gasteiger partial charge in [-0.2, -0.15) is 10.1 Å². The van der Waals surface area contributed by atoms with E-state index in [1.54, 1.807) is 18.3 Å². The molecule has 132 valence electrons. The van der Waals surface area contributed by atoms with Gasteiger partial charge in [0.2, 0.25) is 5.95 Å². The number of benzene rings is 2. The third-order valence-electron chi connectivity index (χ3n) is 4.64. The Bertz CT molecular complexity index is 899. The summed E-state index contributed by atoms with van der Waals surface area (Å²) in [6.07, 6.45) is 3.25. The number of halogens is 1. The fourth-order valence-corrected chi connectivity index (χ4v) is 3.22. The third kappa shape index (κ3) is 3.64. The quantitative estimate of drug-likeness (QED) is 0.766. The molecule has 26 heavy (non-hydrogen) atoms. The van der Waals surface area contributed by atoms with Gasteiger partial charge in [-0.3, -0.25) is 0 Å². The molecule has 3 aromatic rings. The standard InChI is InChI=1S/C20H20FN5/c21-18-8-4-3-6-16(18)9-11-22-20-24-19(13-23-25-20)26-12-10-15-5-1-2-7-17(15)14-26/h1-8,13H,9-12,14H2,(H,22,24,25). The first kappa shape index (κ1) is 16.4. The summed E-state index contributed by atoms with van der Waals surface area (Å²) in [5, 5.41) is 11.2. The van der Waals surface area contributed by atoms with Crippen LogP contribution in [0.3, 0.4) is 0 Å². The van der Waals surface area contributed by atoms with Crippen LogP contribution in [-0.4, -0.2) is 28.3 Å². The minimum atomic E-state index is -0.186. The molecule has 0 atom stereocenters. The fraction of sp³-hybridized carbons (Fsp3) is 0.250. The van der Waals surface area contributed by atoms with E-state index in [1.807, 2.05) is 6.07 Å². The van der Waals surface area contributed by atoms with E-state index < -0.39 is 0 Å². The van der Waals surface area contributed by atoms with Crippen LogP contribution in [0.25, 0.3) is 0 Å². The lowest BCUT2D eigenvalue weighted by atomic mass is 10.0. The second kappa shape index (κ2) is 7.47. The molecule has 0 unspecified atom stereocenters. The van der Waals surface area contributed by atoms with Crippen LogP contribution in [0, 0.1) is 5.82 Å². The zero-order valence-electron chi connectivity index (χ0n) is 14.4. The van der Waals surface area contributed by atoms with Gasteiger partial charge in [0, 0.05) is 19.6 Å². The number of aromatic nitrogens is 3. The molecule has 0 bridgehead atoms. The molecule has 2 heterocycles. The predicted octanol–water partition coefficient (Wildman–Crippen LogP) is 3.23. The molecule has 0 spiro atoms. The van der Waals surface area contributed by atoms with Crippen LogP contribution in [0.2, 0.25) is 0 Å². The summed E-state index contributed by atoms with van der Waals surface area (Å²) in [5.74, 6) is 1.09. The zero-order chi connectivity index (χ0) is 17.8. The monoisotopic (exact) mass is 349 g/mol. The van der Waals surface area contributed by atoms with E-state index in [0.29, 0.717) is 24.5 Å². The van der Waals surface area contributed by atoms with Crippen LogP contribution in [0.5, 0.6) is 0 Å². The van der Waals surface area contributed by atoms with Crippen molar-refractivity contribution in [3.8, 4) is 0 Å². The van der Waals surface area contributed by atoms with Crippen molar-refractivity contribution in [1.29, 1.82) is 0 Å². The number of rotatable bonds is 5. The smallest absolute Gasteiger partial charge is 0.244 e. The molecule has 0 fully saturated rings. The lowest BCUT2D eigenvalue weighted by Gasteiger charge is -2.29. The summed E-state index contributed by atoms with van der Waals surface area (Å²) in [6.45, 7) is 2.28. The summed E-state index contributed by atoms with van der Waals surface area (Å²) in [4.78, 5) is 6.78. The Balaban J connectivity index is 1.40. The Morgan fingerprint density at radius 1 is 1.04 bits per heavy atom. The summed E-state index contributed by atoms with van der Waals surface area (Å²) in [7, 11) is 0. The van der Waals surface area contributed by atoms with Crippen molar-refractivity contribution < 1.29 is 4.39 Å². The van der Waals surface area contributed by atoms with Gasteiger partial charge in [0.05, 0.1) is 6.20 Å². The number of nitrogens with one attached hydrogen (secondary N) is 1. The fourth-order valence-electron chi connectivity index (χ4n) is 3.22. The molecule has 1 N–H and O–H groups in total. The van der Waals surface area contributed by atoms with Gasteiger partial charge in [-0.05, 0) is 35.6 Å². The molecule has 0 aliphatic carbocycles. The molecule has 4 rings (SSSR count). The summed E-state index contributed by atoms with van der Waals surface area (Å²) < 4.78 is 13.7. The van der Waals surface area contributed by atoms with Crippen molar-refractivity contribution in [2.75, 3.05) is 23.3 Å². The Morgan fingerprint density at radius 3 is 2.73 bits per heavy atom. The maximum atomic E-state index is 13.7. The highest BCUT2D eigenvalue weighted by Crippen LogP contribution is 2.22. The summed E-state index contributed by atoms with van der Waals surface area (Å²) >= 11 is 0. The van der Waals surface area contributed by atoms with Crippen molar-refractivity contribution in [2.24, 2.45) is 0 Å². The van der Waals surface area contributed by atoms with Gasteiger partial charge in [-0.25, -0.2) is 4.39 Å². The van der Waals surface area contributed by atoms with Gasteiger partial charge in [0.1, 0.15) is 5.82 Å². The van der Waals surface area contributed by atoms with Crippen molar-refractivity contribution in [3.63, 3.8) is 0 Å². The van der Waals surface area contributed by atoms with Crippen molar-refractivity contribution in [2.45, 2.75) is 19.4 Å². The average molecular weight is 349 g/mol. The molecule has 0 radical (unpaired) electrons. The van der Waals surface area contributed by atoms with Crippen LogP contribution in [-0.2, 0) is 19.4 Å². The lowest BCUT2D eigenvalue weighted by molar-refractivity contribution is 0.610. The first-order valence-corrected chi connectivity index (χ1v) is 8.78. The molecule has 0 saturated heterocycles. The molecule has 1 aromatic heterocycles. The van der Waals surface area contributed by atoms with Crippen LogP contribution in [0.15, 0.2) is 54.7 Å². The minimum Gasteiger partial charge on any atom is -0.353 e. The second-order valence-electron chi connectivity index (χ2n) is 6.35. The highest BCUT2D eigenvalue weighted by molar-refractivity contribution is 5.45. The first-order valence-electron chi connectivity index (χ1n) is 8.78. The van der Waals surface area contributed by atoms with Gasteiger partial charge >= 0.3 is 0 Å². The highest BCUT2D eigenvalue weighted by atomic mass is 19.1. The number of hydrogen-bond donors (Lipinski definition) is 1. The Labute approximate surface area is 151 Å². The van der Waals surface area contributed by atoms with Crippen LogP contribution >= 0.6 is 0 Å². The Hall–Kier alpha value is -3.02. The summed E-state index contributed by atoms with van der Waals surface area (Å²) in [6, 6.07) is 15.3. The van der Waals surface area contributed by atoms with E-state index >= 15 is 0 Å². The maximum absolute atomic E-state index is 13.7. The van der Waals surface area contributed by atoms with Gasteiger partial charge in [0.15, 0.2) is 5.82 Å². The largest absolute Gasteiger partial charge is 0.353 e. The normalized spacial score (nSPS) is 13.3. The van der Waals surface area contributed by atoms with E-state index in [2.05, 4.69) is 49.7 Å². The Morgan fingerprint density at radius 2 is 1.85 bits per heavy atom.